The molecular weight excluding hydrogens is 290 g/mol. The number of halogens is 2. The molecule has 0 saturated carbocycles. The van der Waals surface area contributed by atoms with Gasteiger partial charge in [0.1, 0.15) is 11.3 Å². The number of aromatic amines is 1. The number of pyridine rings is 1. The van der Waals surface area contributed by atoms with Crippen molar-refractivity contribution in [2.24, 2.45) is 21.2 Å². The average Bonchev–Trinajstić information content (AvgIpc) is 2.95. The number of hydrogen-bond donors (Lipinski definition) is 2. The highest BCUT2D eigenvalue weighted by Crippen LogP contribution is 2.24. The van der Waals surface area contributed by atoms with E-state index in [0.29, 0.717) is 16.6 Å². The average molecular weight is 300 g/mol. The second kappa shape index (κ2) is 5.68. The number of nitrogens with two attached hydrogens (primary N) is 1. The van der Waals surface area contributed by atoms with Crippen molar-refractivity contribution in [2.75, 3.05) is 0 Å². The van der Waals surface area contributed by atoms with Crippen LogP contribution < -0.4 is 5.84 Å². The molecule has 0 radical (unpaired) electrons. The van der Waals surface area contributed by atoms with Crippen molar-refractivity contribution >= 4 is 22.6 Å². The zero-order valence-corrected chi connectivity index (χ0v) is 11.2. The molecule has 0 aliphatic carbocycles. The van der Waals surface area contributed by atoms with Crippen LogP contribution in [0.25, 0.3) is 11.0 Å². The summed E-state index contributed by atoms with van der Waals surface area (Å²) in [5, 5.41) is 7.60. The molecule has 3 aromatic rings. The van der Waals surface area contributed by atoms with E-state index < -0.39 is 11.6 Å². The third-order valence-corrected chi connectivity index (χ3v) is 3.00. The maximum absolute atomic E-state index is 13.8. The van der Waals surface area contributed by atoms with Crippen LogP contribution in [0.15, 0.2) is 58.1 Å². The first-order valence-corrected chi connectivity index (χ1v) is 6.27. The molecule has 110 valence electrons. The number of benzene rings is 1. The van der Waals surface area contributed by atoms with Gasteiger partial charge in [0.2, 0.25) is 0 Å². The van der Waals surface area contributed by atoms with Crippen LogP contribution in [-0.4, -0.2) is 15.8 Å². The summed E-state index contributed by atoms with van der Waals surface area (Å²) in [5.74, 6) is 3.07. The first-order valence-electron chi connectivity index (χ1n) is 6.27. The van der Waals surface area contributed by atoms with E-state index in [1.54, 1.807) is 24.5 Å². The summed E-state index contributed by atoms with van der Waals surface area (Å²) in [5.41, 5.74) is 0.943. The Morgan fingerprint density at radius 1 is 1.18 bits per heavy atom. The largest absolute Gasteiger partial charge is 0.345 e. The fourth-order valence-electron chi connectivity index (χ4n) is 2.02. The summed E-state index contributed by atoms with van der Waals surface area (Å²) in [7, 11) is 0. The second-order valence-electron chi connectivity index (χ2n) is 4.33. The SMILES string of the molecule is NN=NC(=Nc1cccc(F)c1F)c1c[nH]c2ncccc12. The van der Waals surface area contributed by atoms with Gasteiger partial charge in [-0.2, -0.15) is 0 Å². The van der Waals surface area contributed by atoms with Crippen LogP contribution in [0.4, 0.5) is 14.5 Å². The summed E-state index contributed by atoms with van der Waals surface area (Å²) in [4.78, 5) is 11.1. The van der Waals surface area contributed by atoms with Crippen LogP contribution in [0.2, 0.25) is 0 Å². The number of hydrogen-bond acceptors (Lipinski definition) is 3. The smallest absolute Gasteiger partial charge is 0.186 e. The summed E-state index contributed by atoms with van der Waals surface area (Å²) in [6.45, 7) is 0. The van der Waals surface area contributed by atoms with Gasteiger partial charge < -0.3 is 10.8 Å². The highest BCUT2D eigenvalue weighted by molar-refractivity contribution is 6.10. The van der Waals surface area contributed by atoms with Crippen molar-refractivity contribution in [1.29, 1.82) is 0 Å². The molecule has 0 unspecified atom stereocenters. The van der Waals surface area contributed by atoms with Crippen LogP contribution in [0, 0.1) is 11.6 Å². The van der Waals surface area contributed by atoms with Gasteiger partial charge in [-0.1, -0.05) is 11.3 Å². The number of nitrogens with one attached hydrogen (secondary N) is 1. The van der Waals surface area contributed by atoms with E-state index in [0.717, 1.165) is 6.07 Å². The Kier molecular flexibility index (Phi) is 3.57. The lowest BCUT2D eigenvalue weighted by Gasteiger charge is -2.01. The van der Waals surface area contributed by atoms with Crippen molar-refractivity contribution in [3.05, 3.63) is 59.9 Å². The third kappa shape index (κ3) is 2.41. The van der Waals surface area contributed by atoms with Crippen molar-refractivity contribution in [3.8, 4) is 0 Å². The van der Waals surface area contributed by atoms with Gasteiger partial charge in [-0.25, -0.2) is 18.8 Å². The minimum Gasteiger partial charge on any atom is -0.345 e. The fraction of sp³-hybridized carbons (Fsp3) is 0. The predicted octanol–water partition coefficient (Wildman–Crippen LogP) is 3.25. The summed E-state index contributed by atoms with van der Waals surface area (Å²) < 4.78 is 27.0. The van der Waals surface area contributed by atoms with Crippen molar-refractivity contribution in [3.63, 3.8) is 0 Å². The summed E-state index contributed by atoms with van der Waals surface area (Å²) in [6.07, 6.45) is 3.22. The molecule has 0 saturated heterocycles. The van der Waals surface area contributed by atoms with Gasteiger partial charge in [0.15, 0.2) is 17.5 Å². The first-order chi connectivity index (χ1) is 10.7. The van der Waals surface area contributed by atoms with E-state index in [9.17, 15) is 8.78 Å². The van der Waals surface area contributed by atoms with Gasteiger partial charge in [0.05, 0.1) is 0 Å². The quantitative estimate of drug-likeness (QED) is 0.250. The van der Waals surface area contributed by atoms with Crippen LogP contribution >= 0.6 is 0 Å². The van der Waals surface area contributed by atoms with Gasteiger partial charge in [0.25, 0.3) is 0 Å². The van der Waals surface area contributed by atoms with Crippen LogP contribution in [-0.2, 0) is 0 Å². The topological polar surface area (TPSA) is 91.8 Å². The molecule has 0 aliphatic rings. The Morgan fingerprint density at radius 3 is 2.86 bits per heavy atom. The van der Waals surface area contributed by atoms with Crippen LogP contribution in [0.1, 0.15) is 5.56 Å². The molecule has 2 heterocycles. The highest BCUT2D eigenvalue weighted by atomic mass is 19.2. The maximum Gasteiger partial charge on any atom is 0.186 e. The predicted molar refractivity (Wildman–Crippen MR) is 77.7 cm³/mol. The Labute approximate surface area is 123 Å². The van der Waals surface area contributed by atoms with E-state index in [4.69, 9.17) is 5.84 Å². The molecule has 0 amide bonds. The zero-order valence-electron chi connectivity index (χ0n) is 11.2. The van der Waals surface area contributed by atoms with E-state index in [1.165, 1.54) is 12.1 Å². The Bertz CT molecular complexity index is 884. The number of nitrogens with zero attached hydrogens (tertiary/aromatic N) is 4. The summed E-state index contributed by atoms with van der Waals surface area (Å²) in [6, 6.07) is 7.22. The van der Waals surface area contributed by atoms with E-state index in [2.05, 4.69) is 25.3 Å². The highest BCUT2D eigenvalue weighted by Gasteiger charge is 2.13. The fourth-order valence-corrected chi connectivity index (χ4v) is 2.02. The Hall–Kier alpha value is -3.16. The van der Waals surface area contributed by atoms with Gasteiger partial charge >= 0.3 is 0 Å². The minimum absolute atomic E-state index is 0.0475. The molecule has 8 heteroatoms. The number of aliphatic imine (C=N–C) groups is 1. The van der Waals surface area contributed by atoms with Gasteiger partial charge in [0, 0.05) is 23.3 Å². The standard InChI is InChI=1S/C14H10F2N6/c15-10-4-1-5-11(12(10)16)20-14(21-22-17)9-7-19-13-8(9)3-2-6-18-13/h1-7H,(H,18,19)(H2,17,20,21). The van der Waals surface area contributed by atoms with E-state index in [1.807, 2.05) is 0 Å². The minimum atomic E-state index is -1.06. The van der Waals surface area contributed by atoms with Crippen molar-refractivity contribution in [1.82, 2.24) is 9.97 Å². The van der Waals surface area contributed by atoms with Gasteiger partial charge in [-0.15, -0.1) is 5.11 Å². The molecular formula is C14H10F2N6. The molecule has 0 aliphatic heterocycles. The molecule has 6 nitrogen and oxygen atoms in total. The lowest BCUT2D eigenvalue weighted by molar-refractivity contribution is 0.510. The normalized spacial score (nSPS) is 12.4. The first kappa shape index (κ1) is 13.8. The molecule has 0 spiro atoms. The molecule has 22 heavy (non-hydrogen) atoms. The molecule has 3 N–H and O–H groups in total. The molecule has 1 aromatic carbocycles. The van der Waals surface area contributed by atoms with Gasteiger partial charge in [-0.3, -0.25) is 0 Å². The number of amidine groups is 1. The lowest BCUT2D eigenvalue weighted by atomic mass is 10.2. The number of rotatable bonds is 2. The molecule has 0 fully saturated rings. The molecule has 0 atom stereocenters. The van der Waals surface area contributed by atoms with E-state index in [-0.39, 0.29) is 11.5 Å². The summed E-state index contributed by atoms with van der Waals surface area (Å²) >= 11 is 0. The lowest BCUT2D eigenvalue weighted by Crippen LogP contribution is -1.97. The number of aromatic nitrogens is 2. The van der Waals surface area contributed by atoms with Crippen molar-refractivity contribution < 1.29 is 8.78 Å². The third-order valence-electron chi connectivity index (χ3n) is 3.00. The Morgan fingerprint density at radius 2 is 2.05 bits per heavy atom. The number of fused-ring (bicyclic) bond motifs is 1. The maximum atomic E-state index is 13.8. The van der Waals surface area contributed by atoms with Crippen LogP contribution in [0.5, 0.6) is 0 Å². The zero-order chi connectivity index (χ0) is 15.5. The number of H-pyrrole nitrogens is 1. The Balaban J connectivity index is 2.18. The van der Waals surface area contributed by atoms with Gasteiger partial charge in [-0.05, 0) is 24.3 Å². The van der Waals surface area contributed by atoms with Crippen molar-refractivity contribution in [2.45, 2.75) is 0 Å². The monoisotopic (exact) mass is 300 g/mol. The van der Waals surface area contributed by atoms with Crippen LogP contribution in [0.3, 0.4) is 0 Å². The molecule has 0 bridgehead atoms. The molecule has 2 aromatic heterocycles. The molecule has 3 rings (SSSR count). The van der Waals surface area contributed by atoms with E-state index >= 15 is 0 Å². The second-order valence-corrected chi connectivity index (χ2v) is 4.33.